The summed E-state index contributed by atoms with van der Waals surface area (Å²) in [6, 6.07) is 0. The van der Waals surface area contributed by atoms with E-state index in [1.165, 1.54) is 0 Å². The molecule has 1 rings (SSSR count). The molecule has 0 spiro atoms. The number of hydrogen-bond donors (Lipinski definition) is 1. The number of aliphatic hydroxyl groups is 1. The third kappa shape index (κ3) is 3.06. The smallest absolute Gasteiger partial charge is 0.141 e. The summed E-state index contributed by atoms with van der Waals surface area (Å²) in [6.45, 7) is -0.0919. The highest BCUT2D eigenvalue weighted by Crippen LogP contribution is 2.26. The van der Waals surface area contributed by atoms with Crippen molar-refractivity contribution >= 4 is 23.5 Å². The fraction of sp³-hybridized carbons (Fsp3) is 0.286. The number of hydrogen-bond acceptors (Lipinski definition) is 8. The van der Waals surface area contributed by atoms with Crippen molar-refractivity contribution in [3.05, 3.63) is 5.56 Å². The molecule has 0 fully saturated rings. The van der Waals surface area contributed by atoms with E-state index in [1.54, 1.807) is 0 Å². The van der Waals surface area contributed by atoms with Crippen LogP contribution in [0.3, 0.4) is 0 Å². The van der Waals surface area contributed by atoms with E-state index in [-0.39, 0.29) is 6.61 Å². The van der Waals surface area contributed by atoms with Gasteiger partial charge in [-0.1, -0.05) is 0 Å². The Balaban J connectivity index is 3.11. The largest absolute Gasteiger partial charge is 0.396 e. The summed E-state index contributed by atoms with van der Waals surface area (Å²) >= 11 is 1.68. The SMILES string of the molecule is N#CSc1nnnc(SC#N)c1CCO. The van der Waals surface area contributed by atoms with Gasteiger partial charge in [0.15, 0.2) is 0 Å². The minimum absolute atomic E-state index is 0.0919. The summed E-state index contributed by atoms with van der Waals surface area (Å²) < 4.78 is 0. The van der Waals surface area contributed by atoms with Crippen LogP contribution in [0.2, 0.25) is 0 Å². The molecule has 1 heterocycles. The highest BCUT2D eigenvalue weighted by Gasteiger charge is 2.13. The second-order valence-electron chi connectivity index (χ2n) is 2.24. The van der Waals surface area contributed by atoms with E-state index in [9.17, 15) is 0 Å². The molecule has 0 bridgehead atoms. The number of thioether (sulfide) groups is 2. The summed E-state index contributed by atoms with van der Waals surface area (Å²) in [5, 5.41) is 41.2. The van der Waals surface area contributed by atoms with E-state index in [1.807, 2.05) is 10.8 Å². The molecule has 0 aliphatic rings. The molecule has 1 N–H and O–H groups in total. The third-order valence-electron chi connectivity index (χ3n) is 1.43. The van der Waals surface area contributed by atoms with Gasteiger partial charge in [-0.05, 0) is 5.21 Å². The van der Waals surface area contributed by atoms with Crippen LogP contribution in [-0.2, 0) is 6.42 Å². The Bertz CT molecular complexity index is 390. The zero-order valence-electron chi connectivity index (χ0n) is 7.41. The number of nitriles is 2. The van der Waals surface area contributed by atoms with Gasteiger partial charge < -0.3 is 5.11 Å². The first-order valence-corrected chi connectivity index (χ1v) is 5.41. The maximum Gasteiger partial charge on any atom is 0.141 e. The Morgan fingerprint density at radius 1 is 1.13 bits per heavy atom. The summed E-state index contributed by atoms with van der Waals surface area (Å²) in [7, 11) is 0. The number of nitrogens with zero attached hydrogens (tertiary/aromatic N) is 5. The van der Waals surface area contributed by atoms with E-state index >= 15 is 0 Å². The van der Waals surface area contributed by atoms with Crippen LogP contribution in [0, 0.1) is 21.3 Å². The predicted molar refractivity (Wildman–Crippen MR) is 53.6 cm³/mol. The topological polar surface area (TPSA) is 106 Å². The molecule has 8 heteroatoms. The van der Waals surface area contributed by atoms with Crippen LogP contribution in [0.5, 0.6) is 0 Å². The van der Waals surface area contributed by atoms with Crippen LogP contribution in [0.25, 0.3) is 0 Å². The number of thiocyanates is 2. The first-order valence-electron chi connectivity index (χ1n) is 3.78. The fourth-order valence-corrected chi connectivity index (χ4v) is 1.93. The molecule has 0 aliphatic heterocycles. The second-order valence-corrected chi connectivity index (χ2v) is 3.79. The maximum atomic E-state index is 8.84. The van der Waals surface area contributed by atoms with Gasteiger partial charge in [-0.3, -0.25) is 0 Å². The van der Waals surface area contributed by atoms with E-state index < -0.39 is 0 Å². The Kier molecular flexibility index (Phi) is 4.84. The molecule has 0 aliphatic carbocycles. The minimum atomic E-state index is -0.0919. The zero-order valence-corrected chi connectivity index (χ0v) is 9.05. The van der Waals surface area contributed by atoms with Crippen LogP contribution in [0.15, 0.2) is 10.1 Å². The molecular weight excluding hydrogens is 234 g/mol. The van der Waals surface area contributed by atoms with Gasteiger partial charge in [-0.15, -0.1) is 10.2 Å². The lowest BCUT2D eigenvalue weighted by molar-refractivity contribution is 0.296. The average Bonchev–Trinajstić information content (AvgIpc) is 2.23. The third-order valence-corrected chi connectivity index (χ3v) is 2.66. The molecule has 0 atom stereocenters. The lowest BCUT2D eigenvalue weighted by atomic mass is 10.3. The maximum absolute atomic E-state index is 8.84. The van der Waals surface area contributed by atoms with Crippen molar-refractivity contribution in [1.82, 2.24) is 15.4 Å². The van der Waals surface area contributed by atoms with Crippen molar-refractivity contribution in [2.75, 3.05) is 6.61 Å². The van der Waals surface area contributed by atoms with E-state index in [0.717, 1.165) is 23.5 Å². The van der Waals surface area contributed by atoms with Crippen LogP contribution in [0.1, 0.15) is 5.56 Å². The Labute approximate surface area is 94.3 Å². The van der Waals surface area contributed by atoms with Crippen LogP contribution in [0.4, 0.5) is 0 Å². The van der Waals surface area contributed by atoms with E-state index in [0.29, 0.717) is 22.0 Å². The Morgan fingerprint density at radius 2 is 1.67 bits per heavy atom. The molecule has 0 amide bonds. The van der Waals surface area contributed by atoms with Crippen molar-refractivity contribution in [3.63, 3.8) is 0 Å². The first kappa shape index (κ1) is 11.7. The molecule has 1 aromatic heterocycles. The van der Waals surface area contributed by atoms with Crippen molar-refractivity contribution in [1.29, 1.82) is 10.5 Å². The molecular formula is C7H5N5OS2. The molecule has 0 radical (unpaired) electrons. The van der Waals surface area contributed by atoms with E-state index in [2.05, 4.69) is 15.4 Å². The number of aliphatic hydroxyl groups excluding tert-OH is 1. The minimum Gasteiger partial charge on any atom is -0.396 e. The molecule has 0 aromatic carbocycles. The summed E-state index contributed by atoms with van der Waals surface area (Å²) in [5.74, 6) is 0. The number of rotatable bonds is 4. The standard InChI is InChI=1S/C7H5N5OS2/c8-3-14-6-5(1-2-13)7(15-4-9)11-12-10-6/h13H,1-2H2. The molecule has 15 heavy (non-hydrogen) atoms. The quantitative estimate of drug-likeness (QED) is 0.599. The zero-order chi connectivity index (χ0) is 11.1. The highest BCUT2D eigenvalue weighted by molar-refractivity contribution is 8.04. The van der Waals surface area contributed by atoms with Gasteiger partial charge in [-0.25, -0.2) is 0 Å². The summed E-state index contributed by atoms with van der Waals surface area (Å²) in [6.07, 6.45) is 0.302. The molecule has 76 valence electrons. The molecule has 1 aromatic rings. The van der Waals surface area contributed by atoms with Crippen molar-refractivity contribution in [3.8, 4) is 10.8 Å². The summed E-state index contributed by atoms with van der Waals surface area (Å²) in [4.78, 5) is 0. The fourth-order valence-electron chi connectivity index (χ4n) is 0.892. The molecule has 0 saturated heterocycles. The van der Waals surface area contributed by atoms with Gasteiger partial charge in [0.1, 0.15) is 20.9 Å². The van der Waals surface area contributed by atoms with Gasteiger partial charge in [0.2, 0.25) is 0 Å². The molecule has 0 unspecified atom stereocenters. The van der Waals surface area contributed by atoms with Gasteiger partial charge in [-0.2, -0.15) is 10.5 Å². The van der Waals surface area contributed by atoms with Gasteiger partial charge in [0.05, 0.1) is 0 Å². The van der Waals surface area contributed by atoms with Crippen LogP contribution >= 0.6 is 23.5 Å². The van der Waals surface area contributed by atoms with Gasteiger partial charge >= 0.3 is 0 Å². The first-order chi connectivity index (χ1) is 7.33. The predicted octanol–water partition coefficient (Wildman–Crippen LogP) is 0.553. The highest BCUT2D eigenvalue weighted by atomic mass is 32.2. The average molecular weight is 239 g/mol. The van der Waals surface area contributed by atoms with Crippen molar-refractivity contribution in [2.24, 2.45) is 0 Å². The molecule has 6 nitrogen and oxygen atoms in total. The normalized spacial score (nSPS) is 9.27. The Hall–Kier alpha value is -1.35. The van der Waals surface area contributed by atoms with Crippen molar-refractivity contribution in [2.45, 2.75) is 16.5 Å². The second kappa shape index (κ2) is 6.19. The van der Waals surface area contributed by atoms with Crippen LogP contribution < -0.4 is 0 Å². The monoisotopic (exact) mass is 239 g/mol. The van der Waals surface area contributed by atoms with Gasteiger partial charge in [0, 0.05) is 42.1 Å². The lowest BCUT2D eigenvalue weighted by Gasteiger charge is -2.04. The van der Waals surface area contributed by atoms with Gasteiger partial charge in [0.25, 0.3) is 0 Å². The Morgan fingerprint density at radius 3 is 2.07 bits per heavy atom. The lowest BCUT2D eigenvalue weighted by Crippen LogP contribution is -2.02. The van der Waals surface area contributed by atoms with Crippen molar-refractivity contribution < 1.29 is 5.11 Å². The van der Waals surface area contributed by atoms with Crippen LogP contribution in [-0.4, -0.2) is 27.1 Å². The molecule has 0 saturated carbocycles. The van der Waals surface area contributed by atoms with E-state index in [4.69, 9.17) is 15.6 Å². The number of aromatic nitrogens is 3. The summed E-state index contributed by atoms with van der Waals surface area (Å²) in [5.41, 5.74) is 0.589.